The van der Waals surface area contributed by atoms with Crippen LogP contribution in [0.4, 0.5) is 0 Å². The van der Waals surface area contributed by atoms with Crippen molar-refractivity contribution in [3.05, 3.63) is 0 Å². The summed E-state index contributed by atoms with van der Waals surface area (Å²) in [4.78, 5) is 12.8. The minimum Gasteiger partial charge on any atom is -0.355 e. The molecule has 1 aliphatic heterocycles. The first kappa shape index (κ1) is 14.4. The zero-order chi connectivity index (χ0) is 14.0. The van der Waals surface area contributed by atoms with E-state index in [4.69, 9.17) is 0 Å². The van der Waals surface area contributed by atoms with E-state index in [1.807, 2.05) is 0 Å². The van der Waals surface area contributed by atoms with Crippen LogP contribution in [0, 0.1) is 23.2 Å². The standard InChI is InChI=1S/C17H30N2O/c1-2-7-17(8-10-18-11-9-17)16(20)19-12-15(13-3-4-13)14-5-6-14/h13-15,18H,2-12H2,1H3,(H,19,20). The van der Waals surface area contributed by atoms with Crippen LogP contribution in [0.3, 0.4) is 0 Å². The number of carbonyl (C=O) groups excluding carboxylic acids is 1. The van der Waals surface area contributed by atoms with Crippen molar-refractivity contribution >= 4 is 5.91 Å². The highest BCUT2D eigenvalue weighted by Gasteiger charge is 2.43. The predicted molar refractivity (Wildman–Crippen MR) is 81.4 cm³/mol. The fraction of sp³-hybridized carbons (Fsp3) is 0.941. The van der Waals surface area contributed by atoms with Gasteiger partial charge in [0.1, 0.15) is 0 Å². The number of nitrogens with one attached hydrogen (secondary N) is 2. The van der Waals surface area contributed by atoms with Crippen LogP contribution in [-0.2, 0) is 4.79 Å². The molecule has 114 valence electrons. The lowest BCUT2D eigenvalue weighted by Crippen LogP contribution is -2.48. The first-order valence-electron chi connectivity index (χ1n) is 8.74. The molecular weight excluding hydrogens is 248 g/mol. The second kappa shape index (κ2) is 6.05. The normalized spacial score (nSPS) is 25.7. The van der Waals surface area contributed by atoms with Gasteiger partial charge in [-0.25, -0.2) is 0 Å². The molecule has 1 saturated heterocycles. The highest BCUT2D eigenvalue weighted by atomic mass is 16.2. The molecule has 2 N–H and O–H groups in total. The molecule has 3 heteroatoms. The molecule has 0 aromatic heterocycles. The number of hydrogen-bond acceptors (Lipinski definition) is 2. The van der Waals surface area contributed by atoms with Crippen LogP contribution in [0.5, 0.6) is 0 Å². The topological polar surface area (TPSA) is 41.1 Å². The number of piperidine rings is 1. The van der Waals surface area contributed by atoms with Gasteiger partial charge in [0.05, 0.1) is 5.41 Å². The molecule has 0 atom stereocenters. The van der Waals surface area contributed by atoms with E-state index in [2.05, 4.69) is 17.6 Å². The Hall–Kier alpha value is -0.570. The third kappa shape index (κ3) is 3.19. The van der Waals surface area contributed by atoms with Crippen LogP contribution in [0.25, 0.3) is 0 Å². The van der Waals surface area contributed by atoms with Gasteiger partial charge in [-0.2, -0.15) is 0 Å². The Morgan fingerprint density at radius 3 is 2.30 bits per heavy atom. The number of carbonyl (C=O) groups is 1. The third-order valence-corrected chi connectivity index (χ3v) is 5.72. The molecule has 1 amide bonds. The maximum Gasteiger partial charge on any atom is 0.226 e. The Kier molecular flexibility index (Phi) is 4.34. The number of amides is 1. The summed E-state index contributed by atoms with van der Waals surface area (Å²) in [5, 5.41) is 6.75. The summed E-state index contributed by atoms with van der Waals surface area (Å²) >= 11 is 0. The van der Waals surface area contributed by atoms with Crippen LogP contribution in [0.1, 0.15) is 58.3 Å². The summed E-state index contributed by atoms with van der Waals surface area (Å²) in [5.41, 5.74) is -0.0718. The van der Waals surface area contributed by atoms with Crippen molar-refractivity contribution in [2.75, 3.05) is 19.6 Å². The smallest absolute Gasteiger partial charge is 0.226 e. The quantitative estimate of drug-likeness (QED) is 0.752. The van der Waals surface area contributed by atoms with Gasteiger partial charge in [0.2, 0.25) is 5.91 Å². The molecule has 0 radical (unpaired) electrons. The minimum atomic E-state index is -0.0718. The zero-order valence-electron chi connectivity index (χ0n) is 12.9. The Bertz CT molecular complexity index is 323. The van der Waals surface area contributed by atoms with E-state index in [1.54, 1.807) is 0 Å². The summed E-state index contributed by atoms with van der Waals surface area (Å²) in [6.07, 6.45) is 9.82. The Morgan fingerprint density at radius 2 is 1.80 bits per heavy atom. The van der Waals surface area contributed by atoms with Crippen LogP contribution >= 0.6 is 0 Å². The van der Waals surface area contributed by atoms with Gasteiger partial charge in [-0.05, 0) is 75.8 Å². The van der Waals surface area contributed by atoms with Gasteiger partial charge in [0.25, 0.3) is 0 Å². The van der Waals surface area contributed by atoms with E-state index in [1.165, 1.54) is 25.7 Å². The number of hydrogen-bond donors (Lipinski definition) is 2. The lowest BCUT2D eigenvalue weighted by Gasteiger charge is -2.36. The molecule has 0 spiro atoms. The Morgan fingerprint density at radius 1 is 1.20 bits per heavy atom. The molecule has 0 aromatic rings. The summed E-state index contributed by atoms with van der Waals surface area (Å²) in [6.45, 7) is 5.16. The van der Waals surface area contributed by atoms with Crippen molar-refractivity contribution in [2.24, 2.45) is 23.2 Å². The highest BCUT2D eigenvalue weighted by molar-refractivity contribution is 5.82. The van der Waals surface area contributed by atoms with E-state index in [-0.39, 0.29) is 5.41 Å². The van der Waals surface area contributed by atoms with Crippen molar-refractivity contribution in [1.82, 2.24) is 10.6 Å². The van der Waals surface area contributed by atoms with Gasteiger partial charge in [-0.3, -0.25) is 4.79 Å². The van der Waals surface area contributed by atoms with Crippen LogP contribution in [0.15, 0.2) is 0 Å². The fourth-order valence-electron chi connectivity index (χ4n) is 4.14. The van der Waals surface area contributed by atoms with Gasteiger partial charge >= 0.3 is 0 Å². The molecular formula is C17H30N2O. The first-order valence-corrected chi connectivity index (χ1v) is 8.74. The summed E-state index contributed by atoms with van der Waals surface area (Å²) in [7, 11) is 0. The lowest BCUT2D eigenvalue weighted by molar-refractivity contribution is -0.133. The second-order valence-corrected chi connectivity index (χ2v) is 7.33. The van der Waals surface area contributed by atoms with Gasteiger partial charge in [-0.1, -0.05) is 13.3 Å². The average molecular weight is 278 g/mol. The molecule has 3 aliphatic rings. The summed E-state index contributed by atoms with van der Waals surface area (Å²) < 4.78 is 0. The van der Waals surface area contributed by atoms with Gasteiger partial charge in [-0.15, -0.1) is 0 Å². The largest absolute Gasteiger partial charge is 0.355 e. The van der Waals surface area contributed by atoms with Gasteiger partial charge in [0.15, 0.2) is 0 Å². The zero-order valence-corrected chi connectivity index (χ0v) is 12.9. The van der Waals surface area contributed by atoms with E-state index < -0.39 is 0 Å². The lowest BCUT2D eigenvalue weighted by atomic mass is 9.74. The van der Waals surface area contributed by atoms with E-state index in [0.29, 0.717) is 5.91 Å². The van der Waals surface area contributed by atoms with Crippen molar-refractivity contribution in [3.8, 4) is 0 Å². The molecule has 3 rings (SSSR count). The molecule has 2 saturated carbocycles. The fourth-order valence-corrected chi connectivity index (χ4v) is 4.14. The first-order chi connectivity index (χ1) is 9.75. The van der Waals surface area contributed by atoms with Crippen molar-refractivity contribution in [1.29, 1.82) is 0 Å². The molecule has 0 bridgehead atoms. The number of rotatable bonds is 7. The van der Waals surface area contributed by atoms with Gasteiger partial charge in [0, 0.05) is 6.54 Å². The monoisotopic (exact) mass is 278 g/mol. The van der Waals surface area contributed by atoms with Crippen LogP contribution in [0.2, 0.25) is 0 Å². The maximum atomic E-state index is 12.8. The molecule has 20 heavy (non-hydrogen) atoms. The molecule has 1 heterocycles. The van der Waals surface area contributed by atoms with Gasteiger partial charge < -0.3 is 10.6 Å². The summed E-state index contributed by atoms with van der Waals surface area (Å²) in [6, 6.07) is 0. The van der Waals surface area contributed by atoms with Crippen molar-refractivity contribution < 1.29 is 4.79 Å². The van der Waals surface area contributed by atoms with E-state index in [0.717, 1.165) is 63.1 Å². The van der Waals surface area contributed by atoms with Crippen LogP contribution < -0.4 is 10.6 Å². The second-order valence-electron chi connectivity index (χ2n) is 7.33. The Labute approximate surface area is 123 Å². The van der Waals surface area contributed by atoms with Crippen LogP contribution in [-0.4, -0.2) is 25.5 Å². The van der Waals surface area contributed by atoms with E-state index >= 15 is 0 Å². The molecule has 0 unspecified atom stereocenters. The van der Waals surface area contributed by atoms with Crippen molar-refractivity contribution in [2.45, 2.75) is 58.3 Å². The minimum absolute atomic E-state index is 0.0718. The molecule has 3 fully saturated rings. The SMILES string of the molecule is CCCC1(C(=O)NCC(C2CC2)C2CC2)CCNCC1. The van der Waals surface area contributed by atoms with Crippen molar-refractivity contribution in [3.63, 3.8) is 0 Å². The average Bonchev–Trinajstić information content (AvgIpc) is 3.34. The maximum absolute atomic E-state index is 12.8. The predicted octanol–water partition coefficient (Wildman–Crippen LogP) is 2.71. The summed E-state index contributed by atoms with van der Waals surface area (Å²) in [5.74, 6) is 3.00. The Balaban J connectivity index is 1.55. The highest BCUT2D eigenvalue weighted by Crippen LogP contribution is 2.49. The van der Waals surface area contributed by atoms with E-state index in [9.17, 15) is 4.79 Å². The molecule has 0 aromatic carbocycles. The molecule has 2 aliphatic carbocycles. The third-order valence-electron chi connectivity index (χ3n) is 5.72. The molecule has 3 nitrogen and oxygen atoms in total.